The fraction of sp³-hybridized carbons (Fsp3) is 0.533. The molecule has 1 unspecified atom stereocenters. The Morgan fingerprint density at radius 1 is 1.29 bits per heavy atom. The number of rotatable bonds is 1. The number of nitrogens with one attached hydrogen (secondary N) is 1. The van der Waals surface area contributed by atoms with Gasteiger partial charge in [-0.15, -0.1) is 0 Å². The Kier molecular flexibility index (Phi) is 2.67. The summed E-state index contributed by atoms with van der Waals surface area (Å²) in [5.74, 6) is 1.21. The van der Waals surface area contributed by atoms with Gasteiger partial charge in [-0.05, 0) is 18.9 Å². The molecule has 0 radical (unpaired) electrons. The van der Waals surface area contributed by atoms with Gasteiger partial charge in [0.25, 0.3) is 0 Å². The van der Waals surface area contributed by atoms with E-state index >= 15 is 0 Å². The quantitative estimate of drug-likeness (QED) is 0.860. The highest BCUT2D eigenvalue weighted by Gasteiger charge is 2.44. The first-order valence-corrected chi connectivity index (χ1v) is 7.45. The molecule has 1 amide bonds. The number of hydrogen-bond acceptors (Lipinski definition) is 4. The Morgan fingerprint density at radius 3 is 2.95 bits per heavy atom. The zero-order valence-corrected chi connectivity index (χ0v) is 12.2. The molecular weight excluding hydrogens is 266 g/mol. The molecule has 4 heterocycles. The van der Waals surface area contributed by atoms with E-state index in [0.717, 1.165) is 55.9 Å². The van der Waals surface area contributed by atoms with Crippen LogP contribution in [0.25, 0.3) is 11.0 Å². The zero-order valence-electron chi connectivity index (χ0n) is 12.2. The molecule has 1 atom stereocenters. The minimum absolute atomic E-state index is 0.195. The van der Waals surface area contributed by atoms with Gasteiger partial charge in [-0.25, -0.2) is 9.97 Å². The van der Waals surface area contributed by atoms with E-state index in [1.165, 1.54) is 0 Å². The highest BCUT2D eigenvalue weighted by Crippen LogP contribution is 2.41. The monoisotopic (exact) mass is 285 g/mol. The molecule has 0 saturated carbocycles. The van der Waals surface area contributed by atoms with E-state index in [1.54, 1.807) is 13.3 Å². The van der Waals surface area contributed by atoms with Crippen molar-refractivity contribution in [2.24, 2.45) is 5.41 Å². The van der Waals surface area contributed by atoms with Crippen molar-refractivity contribution in [2.45, 2.75) is 19.8 Å². The average molecular weight is 285 g/mol. The molecule has 2 fully saturated rings. The second-order valence-corrected chi connectivity index (χ2v) is 6.30. The van der Waals surface area contributed by atoms with Gasteiger partial charge in [-0.2, -0.15) is 0 Å². The molecule has 21 heavy (non-hydrogen) atoms. The maximum absolute atomic E-state index is 11.6. The molecule has 110 valence electrons. The number of fused-ring (bicyclic) bond motifs is 1. The van der Waals surface area contributed by atoms with Gasteiger partial charge in [-0.3, -0.25) is 4.79 Å². The Bertz CT molecular complexity index is 696. The van der Waals surface area contributed by atoms with Crippen molar-refractivity contribution in [3.8, 4) is 0 Å². The predicted molar refractivity (Wildman–Crippen MR) is 80.0 cm³/mol. The van der Waals surface area contributed by atoms with Crippen LogP contribution in [0.4, 0.5) is 5.82 Å². The van der Waals surface area contributed by atoms with Crippen molar-refractivity contribution in [3.05, 3.63) is 18.6 Å². The lowest BCUT2D eigenvalue weighted by molar-refractivity contribution is -0.128. The van der Waals surface area contributed by atoms with Gasteiger partial charge in [0.2, 0.25) is 5.91 Å². The number of likely N-dealkylation sites (tertiary alicyclic amines) is 1. The molecule has 1 N–H and O–H groups in total. The van der Waals surface area contributed by atoms with Gasteiger partial charge in [0.05, 0.1) is 5.39 Å². The van der Waals surface area contributed by atoms with Crippen LogP contribution in [-0.2, 0) is 4.79 Å². The van der Waals surface area contributed by atoms with Crippen LogP contribution in [0.3, 0.4) is 0 Å². The smallest absolute Gasteiger partial charge is 0.219 e. The molecule has 2 saturated heterocycles. The Morgan fingerprint density at radius 2 is 2.14 bits per heavy atom. The van der Waals surface area contributed by atoms with Crippen LogP contribution >= 0.6 is 0 Å². The molecule has 0 bridgehead atoms. The number of amides is 1. The number of aromatic amines is 1. The van der Waals surface area contributed by atoms with E-state index < -0.39 is 0 Å². The first-order valence-electron chi connectivity index (χ1n) is 7.45. The molecular formula is C15H19N5O. The second-order valence-electron chi connectivity index (χ2n) is 6.30. The van der Waals surface area contributed by atoms with E-state index in [2.05, 4.69) is 19.9 Å². The molecule has 6 heteroatoms. The van der Waals surface area contributed by atoms with E-state index in [-0.39, 0.29) is 11.3 Å². The van der Waals surface area contributed by atoms with Crippen molar-refractivity contribution in [2.75, 3.05) is 31.1 Å². The van der Waals surface area contributed by atoms with Crippen LogP contribution in [0.2, 0.25) is 0 Å². The lowest BCUT2D eigenvalue weighted by Crippen LogP contribution is -2.33. The minimum Gasteiger partial charge on any atom is -0.355 e. The van der Waals surface area contributed by atoms with Crippen LogP contribution in [0.5, 0.6) is 0 Å². The maximum atomic E-state index is 11.6. The second kappa shape index (κ2) is 4.44. The number of anilines is 1. The van der Waals surface area contributed by atoms with Crippen molar-refractivity contribution < 1.29 is 4.79 Å². The lowest BCUT2D eigenvalue weighted by atomic mass is 9.86. The van der Waals surface area contributed by atoms with Crippen LogP contribution in [-0.4, -0.2) is 51.9 Å². The van der Waals surface area contributed by atoms with E-state index in [0.29, 0.717) is 0 Å². The third kappa shape index (κ3) is 1.97. The molecule has 6 nitrogen and oxygen atoms in total. The topological polar surface area (TPSA) is 65.1 Å². The van der Waals surface area contributed by atoms with E-state index in [1.807, 2.05) is 17.2 Å². The third-order valence-corrected chi connectivity index (χ3v) is 4.95. The summed E-state index contributed by atoms with van der Waals surface area (Å²) in [6.07, 6.45) is 5.76. The molecule has 2 aliphatic heterocycles. The standard InChI is InChI=1S/C15H19N5O/c1-11(21)19-6-3-15(8-19)4-7-20(9-15)14-12-2-5-16-13(12)17-10-18-14/h2,5,10H,3-4,6-9H2,1H3,(H,16,17,18). The summed E-state index contributed by atoms with van der Waals surface area (Å²) in [4.78, 5) is 27.8. The van der Waals surface area contributed by atoms with Crippen LogP contribution in [0.1, 0.15) is 19.8 Å². The van der Waals surface area contributed by atoms with Crippen molar-refractivity contribution in [1.82, 2.24) is 19.9 Å². The fourth-order valence-electron chi connectivity index (χ4n) is 3.76. The largest absolute Gasteiger partial charge is 0.355 e. The average Bonchev–Trinajstić information content (AvgIpc) is 3.19. The summed E-state index contributed by atoms with van der Waals surface area (Å²) in [7, 11) is 0. The molecule has 2 aliphatic rings. The first kappa shape index (κ1) is 12.6. The Balaban J connectivity index is 1.60. The van der Waals surface area contributed by atoms with E-state index in [4.69, 9.17) is 0 Å². The highest BCUT2D eigenvalue weighted by molar-refractivity contribution is 5.87. The van der Waals surface area contributed by atoms with Crippen LogP contribution in [0.15, 0.2) is 18.6 Å². The molecule has 0 aromatic carbocycles. The van der Waals surface area contributed by atoms with Gasteiger partial charge in [-0.1, -0.05) is 0 Å². The number of hydrogen-bond donors (Lipinski definition) is 1. The number of aromatic nitrogens is 3. The van der Waals surface area contributed by atoms with Crippen molar-refractivity contribution in [1.29, 1.82) is 0 Å². The highest BCUT2D eigenvalue weighted by atomic mass is 16.2. The summed E-state index contributed by atoms with van der Waals surface area (Å²) >= 11 is 0. The van der Waals surface area contributed by atoms with Gasteiger partial charge < -0.3 is 14.8 Å². The fourth-order valence-corrected chi connectivity index (χ4v) is 3.76. The predicted octanol–water partition coefficient (Wildman–Crippen LogP) is 1.41. The lowest BCUT2D eigenvalue weighted by Gasteiger charge is -2.25. The number of carbonyl (C=O) groups is 1. The van der Waals surface area contributed by atoms with Crippen LogP contribution in [0, 0.1) is 5.41 Å². The molecule has 0 aliphatic carbocycles. The number of nitrogens with zero attached hydrogens (tertiary/aromatic N) is 4. The summed E-state index contributed by atoms with van der Waals surface area (Å²) in [6, 6.07) is 2.03. The van der Waals surface area contributed by atoms with Gasteiger partial charge in [0.1, 0.15) is 17.8 Å². The van der Waals surface area contributed by atoms with Crippen molar-refractivity contribution >= 4 is 22.8 Å². The summed E-state index contributed by atoms with van der Waals surface area (Å²) in [5.41, 5.74) is 1.14. The SMILES string of the molecule is CC(=O)N1CCC2(CCN(c3ncnc4[nH]ccc34)C2)C1. The number of carbonyl (C=O) groups excluding carboxylic acids is 1. The third-order valence-electron chi connectivity index (χ3n) is 4.95. The normalized spacial score (nSPS) is 25.4. The molecule has 4 rings (SSSR count). The first-order chi connectivity index (χ1) is 10.2. The zero-order chi connectivity index (χ0) is 14.4. The van der Waals surface area contributed by atoms with Gasteiger partial charge in [0.15, 0.2) is 0 Å². The Labute approximate surface area is 123 Å². The van der Waals surface area contributed by atoms with Crippen molar-refractivity contribution in [3.63, 3.8) is 0 Å². The minimum atomic E-state index is 0.195. The summed E-state index contributed by atoms with van der Waals surface area (Å²) < 4.78 is 0. The number of H-pyrrole nitrogens is 1. The summed E-state index contributed by atoms with van der Waals surface area (Å²) in [6.45, 7) is 5.43. The van der Waals surface area contributed by atoms with E-state index in [9.17, 15) is 4.79 Å². The van der Waals surface area contributed by atoms with Crippen LogP contribution < -0.4 is 4.90 Å². The maximum Gasteiger partial charge on any atom is 0.219 e. The van der Waals surface area contributed by atoms with Gasteiger partial charge >= 0.3 is 0 Å². The summed E-state index contributed by atoms with van der Waals surface area (Å²) in [5, 5.41) is 1.08. The van der Waals surface area contributed by atoms with Gasteiger partial charge in [0, 0.05) is 44.7 Å². The Hall–Kier alpha value is -2.11. The molecule has 1 spiro atoms. The molecule has 2 aromatic heterocycles. The molecule has 2 aromatic rings.